The second kappa shape index (κ2) is 4.93. The second-order valence-electron chi connectivity index (χ2n) is 5.88. The van der Waals surface area contributed by atoms with E-state index in [1.165, 1.54) is 22.5 Å². The van der Waals surface area contributed by atoms with Crippen molar-refractivity contribution in [2.24, 2.45) is 0 Å². The number of nitrogens with zero attached hydrogens (tertiary/aromatic N) is 1. The van der Waals surface area contributed by atoms with Gasteiger partial charge in [-0.1, -0.05) is 29.8 Å². The van der Waals surface area contributed by atoms with E-state index in [4.69, 9.17) is 0 Å². The number of hydrogen-bond donors (Lipinski definition) is 0. The first-order chi connectivity index (χ1) is 9.58. The lowest BCUT2D eigenvalue weighted by molar-refractivity contribution is 0.0971. The molecule has 1 heterocycles. The number of Topliss-reactive ketones (excluding diaryl/α,β-unsaturated/α-hetero) is 1. The molecular formula is C18H21NO. The highest BCUT2D eigenvalue weighted by Crippen LogP contribution is 2.30. The van der Waals surface area contributed by atoms with Crippen LogP contribution in [0.4, 0.5) is 0 Å². The molecule has 0 saturated carbocycles. The van der Waals surface area contributed by atoms with Gasteiger partial charge in [-0.2, -0.15) is 0 Å². The van der Waals surface area contributed by atoms with Gasteiger partial charge in [0.2, 0.25) is 0 Å². The molecule has 0 bridgehead atoms. The molecule has 2 aromatic rings. The van der Waals surface area contributed by atoms with Gasteiger partial charge >= 0.3 is 0 Å². The third-order valence-electron chi connectivity index (χ3n) is 4.40. The Hall–Kier alpha value is -1.83. The van der Waals surface area contributed by atoms with Gasteiger partial charge in [0.1, 0.15) is 0 Å². The van der Waals surface area contributed by atoms with Crippen LogP contribution in [0, 0.1) is 13.8 Å². The highest BCUT2D eigenvalue weighted by atomic mass is 16.1. The van der Waals surface area contributed by atoms with Crippen molar-refractivity contribution >= 4 is 5.78 Å². The van der Waals surface area contributed by atoms with Gasteiger partial charge < -0.3 is 4.57 Å². The zero-order chi connectivity index (χ0) is 14.3. The molecular weight excluding hydrogens is 246 g/mol. The van der Waals surface area contributed by atoms with Gasteiger partial charge in [0.05, 0.1) is 6.04 Å². The Morgan fingerprint density at radius 3 is 2.50 bits per heavy atom. The fraction of sp³-hybridized carbons (Fsp3) is 0.389. The van der Waals surface area contributed by atoms with Crippen LogP contribution in [-0.2, 0) is 6.42 Å². The molecule has 1 unspecified atom stereocenters. The lowest BCUT2D eigenvalue weighted by Gasteiger charge is -2.22. The molecule has 0 N–H and O–H groups in total. The van der Waals surface area contributed by atoms with Gasteiger partial charge in [-0.25, -0.2) is 0 Å². The molecule has 104 valence electrons. The summed E-state index contributed by atoms with van der Waals surface area (Å²) in [6.07, 6.45) is 2.70. The molecule has 0 radical (unpaired) electrons. The van der Waals surface area contributed by atoms with Gasteiger partial charge in [-0.3, -0.25) is 4.79 Å². The molecule has 1 aromatic carbocycles. The maximum atomic E-state index is 12.0. The summed E-state index contributed by atoms with van der Waals surface area (Å²) in [5.74, 6) is 0.309. The first-order valence-corrected chi connectivity index (χ1v) is 7.38. The minimum atomic E-state index is 0.283. The predicted molar refractivity (Wildman–Crippen MR) is 81.4 cm³/mol. The standard InChI is InChI=1S/C18H21NO/c1-12-7-9-15(10-8-12)14(3)19-13(2)11-16-17(19)5-4-6-18(16)20/h7-11,14H,4-6H2,1-3H3. The average Bonchev–Trinajstić information content (AvgIpc) is 2.77. The molecule has 0 aliphatic heterocycles. The number of hydrogen-bond acceptors (Lipinski definition) is 1. The predicted octanol–water partition coefficient (Wildman–Crippen LogP) is 4.23. The summed E-state index contributed by atoms with van der Waals surface area (Å²) in [7, 11) is 0. The van der Waals surface area contributed by atoms with E-state index in [9.17, 15) is 4.79 Å². The van der Waals surface area contributed by atoms with E-state index in [-0.39, 0.29) is 6.04 Å². The first-order valence-electron chi connectivity index (χ1n) is 7.38. The third kappa shape index (κ3) is 2.09. The number of aromatic nitrogens is 1. The Labute approximate surface area is 120 Å². The van der Waals surface area contributed by atoms with Gasteiger partial charge in [-0.15, -0.1) is 0 Å². The topological polar surface area (TPSA) is 22.0 Å². The molecule has 2 heteroatoms. The maximum Gasteiger partial charge on any atom is 0.164 e. The van der Waals surface area contributed by atoms with E-state index in [0.29, 0.717) is 12.2 Å². The first kappa shape index (κ1) is 13.2. The van der Waals surface area contributed by atoms with Crippen LogP contribution in [0.25, 0.3) is 0 Å². The van der Waals surface area contributed by atoms with Gasteiger partial charge in [0.15, 0.2) is 5.78 Å². The van der Waals surface area contributed by atoms with Crippen LogP contribution in [0.5, 0.6) is 0 Å². The maximum absolute atomic E-state index is 12.0. The highest BCUT2D eigenvalue weighted by Gasteiger charge is 2.24. The summed E-state index contributed by atoms with van der Waals surface area (Å²) in [5, 5.41) is 0. The monoisotopic (exact) mass is 267 g/mol. The number of benzene rings is 1. The third-order valence-corrected chi connectivity index (χ3v) is 4.40. The summed E-state index contributed by atoms with van der Waals surface area (Å²) in [6, 6.07) is 11.0. The molecule has 1 aliphatic rings. The average molecular weight is 267 g/mol. The van der Waals surface area contributed by atoms with E-state index in [0.717, 1.165) is 18.4 Å². The zero-order valence-corrected chi connectivity index (χ0v) is 12.4. The Balaban J connectivity index is 2.06. The number of carbonyl (C=O) groups is 1. The molecule has 1 aliphatic carbocycles. The number of ketones is 1. The molecule has 20 heavy (non-hydrogen) atoms. The Bertz CT molecular complexity index is 649. The summed E-state index contributed by atoms with van der Waals surface area (Å²) >= 11 is 0. The van der Waals surface area contributed by atoms with E-state index < -0.39 is 0 Å². The number of fused-ring (bicyclic) bond motifs is 1. The summed E-state index contributed by atoms with van der Waals surface area (Å²) < 4.78 is 2.34. The zero-order valence-electron chi connectivity index (χ0n) is 12.4. The van der Waals surface area contributed by atoms with Crippen molar-refractivity contribution in [3.05, 3.63) is 58.4 Å². The summed E-state index contributed by atoms with van der Waals surface area (Å²) in [6.45, 7) is 6.43. The van der Waals surface area contributed by atoms with Crippen LogP contribution in [-0.4, -0.2) is 10.4 Å². The molecule has 0 amide bonds. The molecule has 3 rings (SSSR count). The van der Waals surface area contributed by atoms with Crippen molar-refractivity contribution in [3.63, 3.8) is 0 Å². The SMILES string of the molecule is Cc1ccc(C(C)n2c(C)cc3c2CCCC3=O)cc1. The quantitative estimate of drug-likeness (QED) is 0.798. The number of rotatable bonds is 2. The lowest BCUT2D eigenvalue weighted by Crippen LogP contribution is -2.16. The minimum absolute atomic E-state index is 0.283. The van der Waals surface area contributed by atoms with Gasteiger partial charge in [0, 0.05) is 23.4 Å². The van der Waals surface area contributed by atoms with E-state index in [2.05, 4.69) is 55.7 Å². The molecule has 0 fully saturated rings. The molecule has 1 atom stereocenters. The molecule has 1 aromatic heterocycles. The van der Waals surface area contributed by atoms with Gasteiger partial charge in [-0.05, 0) is 45.2 Å². The van der Waals surface area contributed by atoms with Crippen molar-refractivity contribution in [2.45, 2.75) is 46.1 Å². The summed E-state index contributed by atoms with van der Waals surface area (Å²) in [4.78, 5) is 12.0. The molecule has 0 spiro atoms. The second-order valence-corrected chi connectivity index (χ2v) is 5.88. The highest BCUT2D eigenvalue weighted by molar-refractivity contribution is 5.98. The van der Waals surface area contributed by atoms with Crippen LogP contribution in [0.2, 0.25) is 0 Å². The summed E-state index contributed by atoms with van der Waals surface area (Å²) in [5.41, 5.74) is 5.95. The normalized spacial score (nSPS) is 16.1. The Morgan fingerprint density at radius 2 is 1.80 bits per heavy atom. The van der Waals surface area contributed by atoms with Crippen LogP contribution in [0.1, 0.15) is 58.7 Å². The van der Waals surface area contributed by atoms with Gasteiger partial charge in [0.25, 0.3) is 0 Å². The number of carbonyl (C=O) groups excluding carboxylic acids is 1. The molecule has 0 saturated heterocycles. The minimum Gasteiger partial charge on any atom is -0.341 e. The van der Waals surface area contributed by atoms with Crippen molar-refractivity contribution in [2.75, 3.05) is 0 Å². The van der Waals surface area contributed by atoms with Crippen LogP contribution in [0.15, 0.2) is 30.3 Å². The van der Waals surface area contributed by atoms with Crippen LogP contribution >= 0.6 is 0 Å². The van der Waals surface area contributed by atoms with Crippen molar-refractivity contribution in [3.8, 4) is 0 Å². The van der Waals surface area contributed by atoms with E-state index in [1.807, 2.05) is 0 Å². The van der Waals surface area contributed by atoms with Crippen molar-refractivity contribution in [1.82, 2.24) is 4.57 Å². The van der Waals surface area contributed by atoms with E-state index >= 15 is 0 Å². The van der Waals surface area contributed by atoms with Crippen molar-refractivity contribution < 1.29 is 4.79 Å². The van der Waals surface area contributed by atoms with E-state index in [1.54, 1.807) is 0 Å². The van der Waals surface area contributed by atoms with Crippen molar-refractivity contribution in [1.29, 1.82) is 0 Å². The fourth-order valence-electron chi connectivity index (χ4n) is 3.29. The Morgan fingerprint density at radius 1 is 1.10 bits per heavy atom. The number of aryl methyl sites for hydroxylation is 2. The molecule has 2 nitrogen and oxygen atoms in total. The van der Waals surface area contributed by atoms with Crippen LogP contribution < -0.4 is 0 Å². The smallest absolute Gasteiger partial charge is 0.164 e. The largest absolute Gasteiger partial charge is 0.341 e. The fourth-order valence-corrected chi connectivity index (χ4v) is 3.29. The van der Waals surface area contributed by atoms with Crippen LogP contribution in [0.3, 0.4) is 0 Å². The Kier molecular flexibility index (Phi) is 3.25. The lowest BCUT2D eigenvalue weighted by atomic mass is 9.96.